The van der Waals surface area contributed by atoms with E-state index in [1.54, 1.807) is 0 Å². The molecule has 4 nitrogen and oxygen atoms in total. The van der Waals surface area contributed by atoms with Crippen molar-refractivity contribution in [2.45, 2.75) is 0 Å². The number of nitrogens with zero attached hydrogens (tertiary/aromatic N) is 4. The number of aromatic nitrogens is 4. The highest BCUT2D eigenvalue weighted by Gasteiger charge is 2.25. The number of hydrogen-bond donors (Lipinski definition) is 0. The van der Waals surface area contributed by atoms with Crippen LogP contribution >= 0.6 is 0 Å². The minimum atomic E-state index is 0.873. The van der Waals surface area contributed by atoms with Crippen molar-refractivity contribution in [1.29, 1.82) is 0 Å². The molecule has 0 atom stereocenters. The van der Waals surface area contributed by atoms with Crippen molar-refractivity contribution in [3.8, 4) is 28.2 Å². The summed E-state index contributed by atoms with van der Waals surface area (Å²) in [6.45, 7) is 0. The number of fused-ring (bicyclic) bond motifs is 13. The zero-order chi connectivity index (χ0) is 36.5. The van der Waals surface area contributed by atoms with E-state index in [2.05, 4.69) is 167 Å². The molecule has 4 heterocycles. The largest absolute Gasteiger partial charge is 0.309 e. The molecular weight excluding hydrogens is 681 g/mol. The van der Waals surface area contributed by atoms with Gasteiger partial charge < -0.3 is 8.97 Å². The molecule has 0 bridgehead atoms. The summed E-state index contributed by atoms with van der Waals surface area (Å²) in [6, 6.07) is 65.8. The van der Waals surface area contributed by atoms with E-state index >= 15 is 0 Å². The van der Waals surface area contributed by atoms with Crippen LogP contribution in [0.1, 0.15) is 0 Å². The van der Waals surface area contributed by atoms with Gasteiger partial charge in [0.15, 0.2) is 0 Å². The predicted molar refractivity (Wildman–Crippen MR) is 234 cm³/mol. The molecule has 0 aliphatic carbocycles. The Balaban J connectivity index is 1.11. The van der Waals surface area contributed by atoms with Crippen LogP contribution in [0.25, 0.3) is 121 Å². The molecule has 56 heavy (non-hydrogen) atoms. The van der Waals surface area contributed by atoms with Gasteiger partial charge in [-0.15, -0.1) is 0 Å². The van der Waals surface area contributed by atoms with Crippen molar-refractivity contribution < 1.29 is 0 Å². The minimum Gasteiger partial charge on any atom is -0.309 e. The van der Waals surface area contributed by atoms with Crippen molar-refractivity contribution >= 4 is 92.5 Å². The Labute approximate surface area is 320 Å². The molecule has 0 amide bonds. The molecule has 0 aliphatic rings. The van der Waals surface area contributed by atoms with Crippen LogP contribution in [0.5, 0.6) is 0 Å². The van der Waals surface area contributed by atoms with Crippen molar-refractivity contribution in [2.75, 3.05) is 0 Å². The minimum absolute atomic E-state index is 0.873. The zero-order valence-corrected chi connectivity index (χ0v) is 30.1. The first kappa shape index (κ1) is 29.8. The van der Waals surface area contributed by atoms with Crippen LogP contribution in [0.4, 0.5) is 0 Å². The van der Waals surface area contributed by atoms with Gasteiger partial charge in [0.05, 0.1) is 50.0 Å². The van der Waals surface area contributed by atoms with E-state index < -0.39 is 0 Å². The highest BCUT2D eigenvalue weighted by Crippen LogP contribution is 2.47. The van der Waals surface area contributed by atoms with Crippen molar-refractivity contribution in [1.82, 2.24) is 18.9 Å². The summed E-state index contributed by atoms with van der Waals surface area (Å²) in [5, 5.41) is 12.5. The van der Waals surface area contributed by atoms with E-state index in [9.17, 15) is 0 Å². The maximum atomic E-state index is 5.27. The Morgan fingerprint density at radius 1 is 0.339 bits per heavy atom. The van der Waals surface area contributed by atoms with Gasteiger partial charge in [0.1, 0.15) is 0 Å². The van der Waals surface area contributed by atoms with Gasteiger partial charge in [0.2, 0.25) is 0 Å². The fourth-order valence-corrected chi connectivity index (χ4v) is 9.47. The van der Waals surface area contributed by atoms with Crippen LogP contribution in [0.3, 0.4) is 0 Å². The monoisotopic (exact) mass is 710 g/mol. The van der Waals surface area contributed by atoms with Crippen LogP contribution < -0.4 is 0 Å². The lowest BCUT2D eigenvalue weighted by Crippen LogP contribution is -1.97. The molecule has 0 saturated carbocycles. The Hall–Kier alpha value is -7.56. The Kier molecular flexibility index (Phi) is 5.86. The molecule has 13 aromatic rings. The molecule has 0 radical (unpaired) electrons. The molecule has 13 rings (SSSR count). The third-order valence-corrected chi connectivity index (χ3v) is 12.0. The second-order valence-electron chi connectivity index (χ2n) is 15.0. The van der Waals surface area contributed by atoms with E-state index in [0.717, 1.165) is 39.2 Å². The summed E-state index contributed by atoms with van der Waals surface area (Å²) in [4.78, 5) is 10.5. The number of para-hydroxylation sites is 4. The average Bonchev–Trinajstić information content (AvgIpc) is 3.89. The first-order chi connectivity index (χ1) is 27.8. The van der Waals surface area contributed by atoms with Gasteiger partial charge in [-0.2, -0.15) is 0 Å². The summed E-state index contributed by atoms with van der Waals surface area (Å²) in [5.74, 6) is 0. The lowest BCUT2D eigenvalue weighted by atomic mass is 10.00. The van der Waals surface area contributed by atoms with Crippen molar-refractivity contribution in [2.24, 2.45) is 0 Å². The van der Waals surface area contributed by atoms with E-state index in [4.69, 9.17) is 9.97 Å². The molecular formula is C52H30N4. The predicted octanol–water partition coefficient (Wildman–Crippen LogP) is 13.5. The summed E-state index contributed by atoms with van der Waals surface area (Å²) >= 11 is 0. The van der Waals surface area contributed by atoms with Gasteiger partial charge in [0, 0.05) is 49.1 Å². The van der Waals surface area contributed by atoms with E-state index in [-0.39, 0.29) is 0 Å². The van der Waals surface area contributed by atoms with Crippen LogP contribution in [-0.2, 0) is 0 Å². The summed E-state index contributed by atoms with van der Waals surface area (Å²) in [5.41, 5.74) is 12.9. The molecule has 0 unspecified atom stereocenters. The lowest BCUT2D eigenvalue weighted by molar-refractivity contribution is 1.19. The second kappa shape index (κ2) is 11.0. The molecule has 4 heteroatoms. The second-order valence-corrected chi connectivity index (χ2v) is 15.0. The van der Waals surface area contributed by atoms with E-state index in [1.165, 1.54) is 81.4 Å². The lowest BCUT2D eigenvalue weighted by Gasteiger charge is -2.13. The topological polar surface area (TPSA) is 35.1 Å². The van der Waals surface area contributed by atoms with Crippen molar-refractivity contribution in [3.05, 3.63) is 182 Å². The Morgan fingerprint density at radius 2 is 0.893 bits per heavy atom. The first-order valence-electron chi connectivity index (χ1n) is 19.2. The van der Waals surface area contributed by atoms with Crippen LogP contribution in [0.15, 0.2) is 182 Å². The standard InChI is InChI=1S/C52H30N4/c1-2-12-33-27-36(22-21-31(33)11-1)50-49(53-43-17-7-8-18-44(43)54-50)32-23-25-37(26-24-32)55-47-29-35-14-4-3-13-34(35)28-40(47)42-30-41-38-15-5-9-19-45(38)56-46-20-10-6-16-39(46)48(51(42)55)52(41)56/h1-30H. The van der Waals surface area contributed by atoms with Gasteiger partial charge in [-0.05, 0) is 82.2 Å². The molecule has 0 spiro atoms. The third-order valence-electron chi connectivity index (χ3n) is 12.0. The molecule has 4 aromatic heterocycles. The molecule has 9 aromatic carbocycles. The average molecular weight is 711 g/mol. The number of hydrogen-bond acceptors (Lipinski definition) is 2. The van der Waals surface area contributed by atoms with Crippen LogP contribution in [0.2, 0.25) is 0 Å². The summed E-state index contributed by atoms with van der Waals surface area (Å²) in [7, 11) is 0. The van der Waals surface area contributed by atoms with Crippen molar-refractivity contribution in [3.63, 3.8) is 0 Å². The fraction of sp³-hybridized carbons (Fsp3) is 0. The molecule has 0 N–H and O–H groups in total. The van der Waals surface area contributed by atoms with Crippen LogP contribution in [-0.4, -0.2) is 18.9 Å². The number of rotatable bonds is 3. The molecule has 0 saturated heterocycles. The van der Waals surface area contributed by atoms with E-state index in [0.29, 0.717) is 0 Å². The first-order valence-corrected chi connectivity index (χ1v) is 19.2. The normalized spacial score (nSPS) is 12.3. The summed E-state index contributed by atoms with van der Waals surface area (Å²) < 4.78 is 4.97. The number of benzene rings is 9. The maximum absolute atomic E-state index is 5.27. The zero-order valence-electron chi connectivity index (χ0n) is 30.1. The molecule has 0 aliphatic heterocycles. The highest BCUT2D eigenvalue weighted by molar-refractivity contribution is 6.34. The maximum Gasteiger partial charge on any atom is 0.0973 e. The van der Waals surface area contributed by atoms with Gasteiger partial charge >= 0.3 is 0 Å². The van der Waals surface area contributed by atoms with Gasteiger partial charge in [0.25, 0.3) is 0 Å². The summed E-state index contributed by atoms with van der Waals surface area (Å²) in [6.07, 6.45) is 0. The molecule has 0 fully saturated rings. The Morgan fingerprint density at radius 3 is 1.64 bits per heavy atom. The quantitative estimate of drug-likeness (QED) is 0.183. The Bertz CT molecular complexity index is 3760. The molecule has 258 valence electrons. The van der Waals surface area contributed by atoms with Gasteiger partial charge in [-0.3, -0.25) is 0 Å². The third kappa shape index (κ3) is 4.02. The van der Waals surface area contributed by atoms with Gasteiger partial charge in [-0.25, -0.2) is 9.97 Å². The van der Waals surface area contributed by atoms with E-state index in [1.807, 2.05) is 24.3 Å². The van der Waals surface area contributed by atoms with Crippen LogP contribution in [0, 0.1) is 0 Å². The van der Waals surface area contributed by atoms with Gasteiger partial charge in [-0.1, -0.05) is 121 Å². The smallest absolute Gasteiger partial charge is 0.0973 e. The SMILES string of the molecule is c1ccc2cc(-c3nc4ccccc4nc3-c3ccc(-n4c5cc6ccccc6cc5c5cc6c7ccccc7n7c8ccccc8c(c54)c67)cc3)ccc2c1. The highest BCUT2D eigenvalue weighted by atomic mass is 15.0. The fourth-order valence-electron chi connectivity index (χ4n) is 9.47.